The van der Waals surface area contributed by atoms with Gasteiger partial charge in [0.1, 0.15) is 17.4 Å². The minimum Gasteiger partial charge on any atom is -0.453 e. The summed E-state index contributed by atoms with van der Waals surface area (Å²) in [5.74, 6) is 0.416. The number of fused-ring (bicyclic) bond motifs is 1. The maximum absolute atomic E-state index is 14.7. The van der Waals surface area contributed by atoms with E-state index in [2.05, 4.69) is 21.1 Å². The van der Waals surface area contributed by atoms with Crippen LogP contribution in [0.3, 0.4) is 0 Å². The van der Waals surface area contributed by atoms with Crippen LogP contribution in [0.2, 0.25) is 0 Å². The summed E-state index contributed by atoms with van der Waals surface area (Å²) in [6.07, 6.45) is 6.21. The molecular weight excluding hydrogens is 451 g/mol. The average molecular weight is 481 g/mol. The Balaban J connectivity index is 1.53. The lowest BCUT2D eigenvalue weighted by atomic mass is 9.92. The molecule has 0 spiro atoms. The second-order valence-electron chi connectivity index (χ2n) is 8.39. The third-order valence-electron chi connectivity index (χ3n) is 6.03. The molecule has 0 bridgehead atoms. The number of halogens is 1. The van der Waals surface area contributed by atoms with Crippen molar-refractivity contribution in [3.63, 3.8) is 0 Å². The molecule has 0 atom stereocenters. The number of nitrogens with zero attached hydrogens (tertiary/aromatic N) is 4. The standard InChI is InChI=1S/C25H29FN6OS/c1-3-32(2)34-31-22-9-7-21(26)25(20(22)15-27)33-19-6-8-23-24(14-19)30-18(16-29-23)5-4-17-10-12-28-13-11-17/h6-9,14,16-17,28,31H,3-5,10-13H2,1-2H3. The molecular formula is C25H29FN6OS. The Kier molecular flexibility index (Phi) is 8.16. The molecule has 4 rings (SSSR count). The van der Waals surface area contributed by atoms with Gasteiger partial charge in [0.2, 0.25) is 0 Å². The predicted octanol–water partition coefficient (Wildman–Crippen LogP) is 5.29. The van der Waals surface area contributed by atoms with Crippen molar-refractivity contribution >= 4 is 28.9 Å². The van der Waals surface area contributed by atoms with Gasteiger partial charge >= 0.3 is 0 Å². The van der Waals surface area contributed by atoms with Crippen LogP contribution >= 0.6 is 12.1 Å². The second kappa shape index (κ2) is 11.5. The van der Waals surface area contributed by atoms with Crippen molar-refractivity contribution in [3.8, 4) is 17.6 Å². The van der Waals surface area contributed by atoms with Crippen LogP contribution in [-0.2, 0) is 6.42 Å². The lowest BCUT2D eigenvalue weighted by molar-refractivity contribution is 0.353. The van der Waals surface area contributed by atoms with E-state index < -0.39 is 5.82 Å². The summed E-state index contributed by atoms with van der Waals surface area (Å²) in [6, 6.07) is 10.2. The molecule has 0 aliphatic carbocycles. The molecule has 178 valence electrons. The first-order valence-corrected chi connectivity index (χ1v) is 12.4. The fourth-order valence-corrected chi connectivity index (χ4v) is 4.45. The molecule has 9 heteroatoms. The predicted molar refractivity (Wildman–Crippen MR) is 134 cm³/mol. The summed E-state index contributed by atoms with van der Waals surface area (Å²) < 4.78 is 25.6. The first kappa shape index (κ1) is 24.2. The Hall–Kier alpha value is -2.93. The molecule has 1 aliphatic rings. The van der Waals surface area contributed by atoms with Crippen LogP contribution < -0.4 is 14.8 Å². The first-order chi connectivity index (χ1) is 16.6. The Bertz CT molecular complexity index is 1180. The molecule has 0 amide bonds. The number of nitrogens with one attached hydrogen (secondary N) is 2. The Morgan fingerprint density at radius 2 is 2.09 bits per heavy atom. The van der Waals surface area contributed by atoms with E-state index in [0.717, 1.165) is 49.6 Å². The number of piperidine rings is 1. The SMILES string of the molecule is CCN(C)SNc1ccc(F)c(Oc2ccc3ncc(CCC4CCNCC4)nc3c2)c1C#N. The Morgan fingerprint density at radius 3 is 2.85 bits per heavy atom. The number of hydrogen-bond acceptors (Lipinski definition) is 8. The minimum absolute atomic E-state index is 0.110. The maximum atomic E-state index is 14.7. The number of ether oxygens (including phenoxy) is 1. The molecule has 0 saturated carbocycles. The van der Waals surface area contributed by atoms with E-state index in [1.807, 2.05) is 24.5 Å². The molecule has 1 fully saturated rings. The normalized spacial score (nSPS) is 14.3. The van der Waals surface area contributed by atoms with Gasteiger partial charge in [0.25, 0.3) is 0 Å². The van der Waals surface area contributed by atoms with Gasteiger partial charge in [-0.15, -0.1) is 0 Å². The smallest absolute Gasteiger partial charge is 0.182 e. The summed E-state index contributed by atoms with van der Waals surface area (Å²) >= 11 is 1.33. The first-order valence-electron chi connectivity index (χ1n) is 11.6. The fraction of sp³-hybridized carbons (Fsp3) is 0.400. The van der Waals surface area contributed by atoms with E-state index in [4.69, 9.17) is 9.72 Å². The Morgan fingerprint density at radius 1 is 1.26 bits per heavy atom. The van der Waals surface area contributed by atoms with Gasteiger partial charge in [0.05, 0.1) is 22.4 Å². The van der Waals surface area contributed by atoms with Crippen molar-refractivity contribution in [1.29, 1.82) is 5.26 Å². The Labute approximate surface area is 204 Å². The van der Waals surface area contributed by atoms with Crippen LogP contribution in [0, 0.1) is 23.1 Å². The van der Waals surface area contributed by atoms with Gasteiger partial charge in [-0.3, -0.25) is 4.98 Å². The van der Waals surface area contributed by atoms with Gasteiger partial charge in [-0.2, -0.15) is 5.26 Å². The number of benzene rings is 2. The molecule has 1 aliphatic heterocycles. The van der Waals surface area contributed by atoms with Crippen molar-refractivity contribution in [1.82, 2.24) is 19.6 Å². The average Bonchev–Trinajstić information content (AvgIpc) is 2.87. The van der Waals surface area contributed by atoms with Crippen LogP contribution in [-0.4, -0.2) is 41.0 Å². The summed E-state index contributed by atoms with van der Waals surface area (Å²) in [5, 5.41) is 13.1. The van der Waals surface area contributed by atoms with Crippen molar-refractivity contribution in [2.24, 2.45) is 5.92 Å². The highest BCUT2D eigenvalue weighted by molar-refractivity contribution is 7.98. The monoisotopic (exact) mass is 480 g/mol. The molecule has 2 heterocycles. The van der Waals surface area contributed by atoms with E-state index in [9.17, 15) is 9.65 Å². The van der Waals surface area contributed by atoms with Crippen LogP contribution in [0.1, 0.15) is 37.4 Å². The van der Waals surface area contributed by atoms with Crippen molar-refractivity contribution < 1.29 is 9.13 Å². The van der Waals surface area contributed by atoms with Gasteiger partial charge < -0.3 is 14.8 Å². The van der Waals surface area contributed by atoms with E-state index in [-0.39, 0.29) is 11.3 Å². The zero-order chi connectivity index (χ0) is 23.9. The van der Waals surface area contributed by atoms with E-state index in [1.165, 1.54) is 37.1 Å². The molecule has 2 N–H and O–H groups in total. The lowest BCUT2D eigenvalue weighted by Crippen LogP contribution is -2.27. The van der Waals surface area contributed by atoms with Gasteiger partial charge in [-0.05, 0) is 76.0 Å². The quantitative estimate of drug-likeness (QED) is 0.400. The number of rotatable bonds is 9. The molecule has 1 aromatic heterocycles. The molecule has 7 nitrogen and oxygen atoms in total. The van der Waals surface area contributed by atoms with Gasteiger partial charge in [0, 0.05) is 30.9 Å². The molecule has 2 aromatic carbocycles. The third-order valence-corrected chi connectivity index (χ3v) is 6.91. The molecule has 0 unspecified atom stereocenters. The van der Waals surface area contributed by atoms with Crippen molar-refractivity contribution in [2.75, 3.05) is 31.4 Å². The van der Waals surface area contributed by atoms with E-state index >= 15 is 0 Å². The number of anilines is 1. The number of aromatic nitrogens is 2. The van der Waals surface area contributed by atoms with Crippen LogP contribution in [0.4, 0.5) is 10.1 Å². The largest absolute Gasteiger partial charge is 0.453 e. The lowest BCUT2D eigenvalue weighted by Gasteiger charge is -2.22. The third kappa shape index (κ3) is 5.95. The van der Waals surface area contributed by atoms with Crippen LogP contribution in [0.5, 0.6) is 11.5 Å². The molecule has 34 heavy (non-hydrogen) atoms. The molecule has 3 aromatic rings. The van der Waals surface area contributed by atoms with Gasteiger partial charge in [-0.1, -0.05) is 6.92 Å². The maximum Gasteiger partial charge on any atom is 0.182 e. The van der Waals surface area contributed by atoms with E-state index in [1.54, 1.807) is 18.2 Å². The summed E-state index contributed by atoms with van der Waals surface area (Å²) in [4.78, 5) is 9.30. The highest BCUT2D eigenvalue weighted by Gasteiger charge is 2.17. The van der Waals surface area contributed by atoms with Gasteiger partial charge in [-0.25, -0.2) is 13.7 Å². The summed E-state index contributed by atoms with van der Waals surface area (Å²) in [6.45, 7) is 4.99. The highest BCUT2D eigenvalue weighted by Crippen LogP contribution is 2.35. The zero-order valence-electron chi connectivity index (χ0n) is 19.5. The fourth-order valence-electron chi connectivity index (χ4n) is 3.90. The number of hydrogen-bond donors (Lipinski definition) is 2. The van der Waals surface area contributed by atoms with Crippen LogP contribution in [0.15, 0.2) is 36.5 Å². The molecule has 0 radical (unpaired) electrons. The van der Waals surface area contributed by atoms with E-state index in [0.29, 0.717) is 17.0 Å². The zero-order valence-corrected chi connectivity index (χ0v) is 20.3. The van der Waals surface area contributed by atoms with Gasteiger partial charge in [0.15, 0.2) is 11.6 Å². The van der Waals surface area contributed by atoms with Crippen LogP contribution in [0.25, 0.3) is 11.0 Å². The minimum atomic E-state index is -0.599. The van der Waals surface area contributed by atoms with Crippen molar-refractivity contribution in [3.05, 3.63) is 53.6 Å². The molecule has 1 saturated heterocycles. The summed E-state index contributed by atoms with van der Waals surface area (Å²) in [7, 11) is 1.92. The number of aryl methyl sites for hydroxylation is 1. The topological polar surface area (TPSA) is 86.1 Å². The van der Waals surface area contributed by atoms with Crippen molar-refractivity contribution in [2.45, 2.75) is 32.6 Å². The highest BCUT2D eigenvalue weighted by atomic mass is 32.2. The number of nitriles is 1. The summed E-state index contributed by atoms with van der Waals surface area (Å²) in [5.41, 5.74) is 2.97. The second-order valence-corrected chi connectivity index (χ2v) is 9.40.